The number of carbonyl (C=O) groups is 1. The van der Waals surface area contributed by atoms with Gasteiger partial charge in [0.2, 0.25) is 0 Å². The van der Waals surface area contributed by atoms with Crippen LogP contribution in [0.1, 0.15) is 11.3 Å². The normalized spacial score (nSPS) is 10.8. The van der Waals surface area contributed by atoms with Gasteiger partial charge in [-0.1, -0.05) is 41.4 Å². The molecule has 2 aromatic carbocycles. The molecule has 3 aromatic rings. The maximum Gasteiger partial charge on any atom is 0.259 e. The summed E-state index contributed by atoms with van der Waals surface area (Å²) >= 11 is 5.98. The Labute approximate surface area is 156 Å². The summed E-state index contributed by atoms with van der Waals surface area (Å²) in [5.74, 6) is 0.969. The number of benzene rings is 2. The van der Waals surface area contributed by atoms with E-state index in [4.69, 9.17) is 16.0 Å². The van der Waals surface area contributed by atoms with E-state index in [9.17, 15) is 4.79 Å². The van der Waals surface area contributed by atoms with Gasteiger partial charge in [0.1, 0.15) is 11.5 Å². The van der Waals surface area contributed by atoms with E-state index in [1.54, 1.807) is 12.1 Å². The van der Waals surface area contributed by atoms with Gasteiger partial charge >= 0.3 is 0 Å². The predicted molar refractivity (Wildman–Crippen MR) is 105 cm³/mol. The van der Waals surface area contributed by atoms with Gasteiger partial charge in [0.05, 0.1) is 12.8 Å². The van der Waals surface area contributed by atoms with E-state index in [0.29, 0.717) is 16.5 Å². The molecule has 0 saturated heterocycles. The number of aryl methyl sites for hydroxylation is 1. The second kappa shape index (κ2) is 8.36. The van der Waals surface area contributed by atoms with Crippen LogP contribution in [0.3, 0.4) is 0 Å². The SMILES string of the molecule is Cc1ccc(NCC(=O)NN=Cc2ccc(-c3cccc(Cl)c3)o2)cc1. The molecule has 0 spiro atoms. The highest BCUT2D eigenvalue weighted by Crippen LogP contribution is 2.24. The molecule has 0 aliphatic rings. The van der Waals surface area contributed by atoms with Gasteiger partial charge in [-0.15, -0.1) is 0 Å². The highest BCUT2D eigenvalue weighted by molar-refractivity contribution is 6.30. The first kappa shape index (κ1) is 17.8. The molecule has 0 aliphatic heterocycles. The fourth-order valence-corrected chi connectivity index (χ4v) is 2.47. The van der Waals surface area contributed by atoms with Gasteiger partial charge < -0.3 is 9.73 Å². The number of nitrogens with zero attached hydrogens (tertiary/aromatic N) is 1. The van der Waals surface area contributed by atoms with Crippen LogP contribution in [0.25, 0.3) is 11.3 Å². The zero-order valence-electron chi connectivity index (χ0n) is 14.2. The molecule has 3 rings (SSSR count). The average Bonchev–Trinajstić information content (AvgIpc) is 3.10. The molecule has 0 fully saturated rings. The Morgan fingerprint density at radius 3 is 2.73 bits per heavy atom. The second-order valence-electron chi connectivity index (χ2n) is 5.73. The number of hydrogen-bond donors (Lipinski definition) is 2. The Kier molecular flexibility index (Phi) is 5.71. The molecule has 0 bridgehead atoms. The second-order valence-corrected chi connectivity index (χ2v) is 6.16. The molecule has 6 heteroatoms. The summed E-state index contributed by atoms with van der Waals surface area (Å²) in [6, 6.07) is 18.8. The number of carbonyl (C=O) groups excluding carboxylic acids is 1. The number of anilines is 1. The van der Waals surface area contributed by atoms with Crippen molar-refractivity contribution >= 4 is 29.4 Å². The topological polar surface area (TPSA) is 66.6 Å². The van der Waals surface area contributed by atoms with Gasteiger partial charge in [-0.3, -0.25) is 4.79 Å². The van der Waals surface area contributed by atoms with Gasteiger partial charge in [-0.25, -0.2) is 5.43 Å². The molecular formula is C20H18ClN3O2. The Morgan fingerprint density at radius 2 is 1.96 bits per heavy atom. The first-order valence-electron chi connectivity index (χ1n) is 8.08. The molecule has 1 heterocycles. The lowest BCUT2D eigenvalue weighted by Crippen LogP contribution is -2.25. The number of amides is 1. The molecule has 1 aromatic heterocycles. The van der Waals surface area contributed by atoms with Crippen LogP contribution in [0, 0.1) is 6.92 Å². The molecule has 1 amide bonds. The fourth-order valence-electron chi connectivity index (χ4n) is 2.28. The number of hydrogen-bond acceptors (Lipinski definition) is 4. The van der Waals surface area contributed by atoms with Gasteiger partial charge in [-0.05, 0) is 43.3 Å². The van der Waals surface area contributed by atoms with Crippen LogP contribution in [0.2, 0.25) is 5.02 Å². The smallest absolute Gasteiger partial charge is 0.259 e. The predicted octanol–water partition coefficient (Wildman–Crippen LogP) is 4.47. The lowest BCUT2D eigenvalue weighted by molar-refractivity contribution is -0.119. The molecule has 0 radical (unpaired) electrons. The average molecular weight is 368 g/mol. The van der Waals surface area contributed by atoms with Crippen LogP contribution in [0.15, 0.2) is 70.2 Å². The maximum absolute atomic E-state index is 11.8. The summed E-state index contributed by atoms with van der Waals surface area (Å²) in [6.07, 6.45) is 1.46. The summed E-state index contributed by atoms with van der Waals surface area (Å²) < 4.78 is 5.67. The summed E-state index contributed by atoms with van der Waals surface area (Å²) in [5.41, 5.74) is 5.38. The molecule has 0 saturated carbocycles. The van der Waals surface area contributed by atoms with E-state index in [0.717, 1.165) is 11.3 Å². The van der Waals surface area contributed by atoms with Crippen LogP contribution < -0.4 is 10.7 Å². The highest BCUT2D eigenvalue weighted by Gasteiger charge is 2.04. The first-order chi connectivity index (χ1) is 12.6. The molecular weight excluding hydrogens is 350 g/mol. The summed E-state index contributed by atoms with van der Waals surface area (Å²) in [5, 5.41) is 7.58. The maximum atomic E-state index is 11.8. The van der Waals surface area contributed by atoms with E-state index in [2.05, 4.69) is 15.8 Å². The molecule has 2 N–H and O–H groups in total. The molecule has 0 aliphatic carbocycles. The minimum Gasteiger partial charge on any atom is -0.455 e. The molecule has 132 valence electrons. The molecule has 0 unspecified atom stereocenters. The quantitative estimate of drug-likeness (QED) is 0.499. The van der Waals surface area contributed by atoms with Gasteiger partial charge in [0, 0.05) is 16.3 Å². The Morgan fingerprint density at radius 1 is 1.15 bits per heavy atom. The van der Waals surface area contributed by atoms with Crippen molar-refractivity contribution in [2.75, 3.05) is 11.9 Å². The van der Waals surface area contributed by atoms with Crippen LogP contribution in [0.4, 0.5) is 5.69 Å². The lowest BCUT2D eigenvalue weighted by atomic mass is 10.2. The molecule has 26 heavy (non-hydrogen) atoms. The van der Waals surface area contributed by atoms with Crippen molar-refractivity contribution in [3.8, 4) is 11.3 Å². The van der Waals surface area contributed by atoms with E-state index in [1.165, 1.54) is 11.8 Å². The summed E-state index contributed by atoms with van der Waals surface area (Å²) in [7, 11) is 0. The van der Waals surface area contributed by atoms with Crippen LogP contribution in [-0.4, -0.2) is 18.7 Å². The van der Waals surface area contributed by atoms with E-state index < -0.39 is 0 Å². The zero-order chi connectivity index (χ0) is 18.4. The van der Waals surface area contributed by atoms with E-state index in [1.807, 2.05) is 55.5 Å². The zero-order valence-corrected chi connectivity index (χ0v) is 15.0. The first-order valence-corrected chi connectivity index (χ1v) is 8.46. The third-order valence-electron chi connectivity index (χ3n) is 3.62. The van der Waals surface area contributed by atoms with Crippen LogP contribution in [-0.2, 0) is 4.79 Å². The molecule has 0 atom stereocenters. The van der Waals surface area contributed by atoms with Crippen molar-refractivity contribution < 1.29 is 9.21 Å². The minimum atomic E-state index is -0.247. The number of furan rings is 1. The Hall–Kier alpha value is -3.05. The third-order valence-corrected chi connectivity index (χ3v) is 3.86. The van der Waals surface area contributed by atoms with Crippen LogP contribution >= 0.6 is 11.6 Å². The van der Waals surface area contributed by atoms with Crippen molar-refractivity contribution in [2.45, 2.75) is 6.92 Å². The minimum absolute atomic E-state index is 0.131. The monoisotopic (exact) mass is 367 g/mol. The largest absolute Gasteiger partial charge is 0.455 e. The fraction of sp³-hybridized carbons (Fsp3) is 0.100. The van der Waals surface area contributed by atoms with Crippen molar-refractivity contribution in [2.24, 2.45) is 5.10 Å². The lowest BCUT2D eigenvalue weighted by Gasteiger charge is -2.05. The number of hydrazone groups is 1. The number of halogens is 1. The number of nitrogens with one attached hydrogen (secondary N) is 2. The van der Waals surface area contributed by atoms with Gasteiger partial charge in [-0.2, -0.15) is 5.10 Å². The van der Waals surface area contributed by atoms with E-state index in [-0.39, 0.29) is 12.5 Å². The third kappa shape index (κ3) is 4.97. The highest BCUT2D eigenvalue weighted by atomic mass is 35.5. The van der Waals surface area contributed by atoms with Crippen molar-refractivity contribution in [1.29, 1.82) is 0 Å². The Bertz CT molecular complexity index is 917. The summed E-state index contributed by atoms with van der Waals surface area (Å²) in [6.45, 7) is 2.14. The Balaban J connectivity index is 1.50. The van der Waals surface area contributed by atoms with Crippen molar-refractivity contribution in [1.82, 2.24) is 5.43 Å². The van der Waals surface area contributed by atoms with Gasteiger partial charge in [0.15, 0.2) is 0 Å². The van der Waals surface area contributed by atoms with Crippen molar-refractivity contribution in [3.05, 3.63) is 77.0 Å². The molecule has 5 nitrogen and oxygen atoms in total. The van der Waals surface area contributed by atoms with Crippen molar-refractivity contribution in [3.63, 3.8) is 0 Å². The summed E-state index contributed by atoms with van der Waals surface area (Å²) in [4.78, 5) is 11.8. The number of rotatable bonds is 6. The van der Waals surface area contributed by atoms with Crippen LogP contribution in [0.5, 0.6) is 0 Å². The van der Waals surface area contributed by atoms with Gasteiger partial charge in [0.25, 0.3) is 5.91 Å². The standard InChI is InChI=1S/C20H18ClN3O2/c1-14-5-7-17(8-6-14)22-13-20(25)24-23-12-18-9-10-19(26-18)15-3-2-4-16(21)11-15/h2-12,22H,13H2,1H3,(H,24,25). The van der Waals surface area contributed by atoms with E-state index >= 15 is 0 Å².